The van der Waals surface area contributed by atoms with Crippen molar-refractivity contribution in [1.29, 1.82) is 0 Å². The van der Waals surface area contributed by atoms with Gasteiger partial charge in [0.05, 0.1) is 19.1 Å². The fourth-order valence-electron chi connectivity index (χ4n) is 4.17. The molecule has 2 aromatic heterocycles. The molecule has 0 bridgehead atoms. The van der Waals surface area contributed by atoms with Crippen molar-refractivity contribution in [2.75, 3.05) is 13.7 Å². The zero-order valence-electron chi connectivity index (χ0n) is 15.9. The maximum Gasteiger partial charge on any atom is 0.257 e. The summed E-state index contributed by atoms with van der Waals surface area (Å²) in [6, 6.07) is 8.23. The third kappa shape index (κ3) is 2.51. The fourth-order valence-corrected chi connectivity index (χ4v) is 4.17. The smallest absolute Gasteiger partial charge is 0.257 e. The number of carbonyl (C=O) groups is 3. The first-order valence-corrected chi connectivity index (χ1v) is 9.27. The van der Waals surface area contributed by atoms with Crippen LogP contribution in [-0.2, 0) is 21.5 Å². The maximum atomic E-state index is 14.7. The van der Waals surface area contributed by atoms with E-state index in [2.05, 4.69) is 10.3 Å². The van der Waals surface area contributed by atoms with Crippen molar-refractivity contribution in [3.8, 4) is 5.75 Å². The van der Waals surface area contributed by atoms with E-state index in [1.54, 1.807) is 30.5 Å². The van der Waals surface area contributed by atoms with Crippen molar-refractivity contribution in [3.05, 3.63) is 59.2 Å². The number of furan rings is 1. The van der Waals surface area contributed by atoms with Crippen molar-refractivity contribution >= 4 is 28.8 Å². The number of hydrogen-bond donors (Lipinski definition) is 1. The summed E-state index contributed by atoms with van der Waals surface area (Å²) < 4.78 is 25.4. The van der Waals surface area contributed by atoms with Gasteiger partial charge in [-0.3, -0.25) is 19.7 Å². The average molecular weight is 409 g/mol. The van der Waals surface area contributed by atoms with Crippen molar-refractivity contribution in [3.63, 3.8) is 0 Å². The Balaban J connectivity index is 1.56. The molecule has 4 heterocycles. The highest BCUT2D eigenvalue weighted by Crippen LogP contribution is 2.39. The second-order valence-corrected chi connectivity index (χ2v) is 7.42. The lowest BCUT2D eigenvalue weighted by Gasteiger charge is -2.28. The number of halogens is 1. The van der Waals surface area contributed by atoms with Crippen molar-refractivity contribution in [1.82, 2.24) is 15.2 Å². The van der Waals surface area contributed by atoms with Crippen LogP contribution in [0.15, 0.2) is 40.9 Å². The predicted molar refractivity (Wildman–Crippen MR) is 101 cm³/mol. The number of methoxy groups -OCH3 is 1. The first-order valence-electron chi connectivity index (χ1n) is 9.27. The molecule has 0 unspecified atom stereocenters. The number of imide groups is 1. The minimum absolute atomic E-state index is 0.0317. The first kappa shape index (κ1) is 18.3. The largest absolute Gasteiger partial charge is 0.494 e. The number of carbonyl (C=O) groups excluding carboxylic acids is 3. The molecular weight excluding hydrogens is 393 g/mol. The Morgan fingerprint density at radius 2 is 2.13 bits per heavy atom. The SMILES string of the molecule is COc1ccc2c(c1F)C(=O)N(C[C@@]1(c3cc4cccnc4o3)CC(=O)NC1=O)C2. The lowest BCUT2D eigenvalue weighted by atomic mass is 9.82. The van der Waals surface area contributed by atoms with E-state index in [1.807, 2.05) is 0 Å². The third-order valence-electron chi connectivity index (χ3n) is 5.65. The minimum Gasteiger partial charge on any atom is -0.494 e. The molecule has 152 valence electrons. The van der Waals surface area contributed by atoms with Gasteiger partial charge in [-0.05, 0) is 29.8 Å². The van der Waals surface area contributed by atoms with Gasteiger partial charge in [-0.1, -0.05) is 6.07 Å². The van der Waals surface area contributed by atoms with Crippen LogP contribution in [0.1, 0.15) is 28.1 Å². The molecule has 8 nitrogen and oxygen atoms in total. The molecule has 0 aliphatic carbocycles. The van der Waals surface area contributed by atoms with Crippen molar-refractivity contribution in [2.45, 2.75) is 18.4 Å². The van der Waals surface area contributed by atoms with Gasteiger partial charge in [-0.15, -0.1) is 0 Å². The minimum atomic E-state index is -1.42. The van der Waals surface area contributed by atoms with E-state index < -0.39 is 29.0 Å². The first-order chi connectivity index (χ1) is 14.4. The number of pyridine rings is 1. The zero-order valence-corrected chi connectivity index (χ0v) is 15.9. The molecule has 9 heteroatoms. The van der Waals surface area contributed by atoms with Crippen molar-refractivity contribution < 1.29 is 27.9 Å². The Kier molecular flexibility index (Phi) is 3.89. The molecule has 3 aromatic rings. The summed E-state index contributed by atoms with van der Waals surface area (Å²) in [7, 11) is 1.32. The average Bonchev–Trinajstić information content (AvgIpc) is 3.37. The van der Waals surface area contributed by atoms with Crippen molar-refractivity contribution in [2.24, 2.45) is 0 Å². The van der Waals surface area contributed by atoms with Gasteiger partial charge in [0.15, 0.2) is 11.6 Å². The van der Waals surface area contributed by atoms with Gasteiger partial charge in [0.2, 0.25) is 17.5 Å². The third-order valence-corrected chi connectivity index (χ3v) is 5.65. The second-order valence-electron chi connectivity index (χ2n) is 7.42. The molecule has 1 atom stereocenters. The lowest BCUT2D eigenvalue weighted by Crippen LogP contribution is -2.46. The summed E-state index contributed by atoms with van der Waals surface area (Å²) in [4.78, 5) is 43.4. The van der Waals surface area contributed by atoms with E-state index in [9.17, 15) is 18.8 Å². The van der Waals surface area contributed by atoms with Crippen LogP contribution in [0.5, 0.6) is 5.75 Å². The van der Waals surface area contributed by atoms with Gasteiger partial charge in [-0.25, -0.2) is 9.37 Å². The number of aromatic nitrogens is 1. The molecule has 0 saturated carbocycles. The normalized spacial score (nSPS) is 20.7. The van der Waals surface area contributed by atoms with Crippen LogP contribution in [0.2, 0.25) is 0 Å². The second kappa shape index (κ2) is 6.38. The van der Waals surface area contributed by atoms with Gasteiger partial charge in [0, 0.05) is 24.7 Å². The molecule has 1 saturated heterocycles. The van der Waals surface area contributed by atoms with Gasteiger partial charge >= 0.3 is 0 Å². The fraction of sp³-hybridized carbons (Fsp3) is 0.238. The maximum absolute atomic E-state index is 14.7. The van der Waals surface area contributed by atoms with Gasteiger partial charge in [0.25, 0.3) is 5.91 Å². The Hall–Kier alpha value is -3.75. The Morgan fingerprint density at radius 1 is 1.30 bits per heavy atom. The molecular formula is C21H16FN3O5. The topological polar surface area (TPSA) is 102 Å². The van der Waals surface area contributed by atoms with Gasteiger partial charge in [0.1, 0.15) is 11.2 Å². The molecule has 0 radical (unpaired) electrons. The quantitative estimate of drug-likeness (QED) is 0.661. The zero-order chi connectivity index (χ0) is 21.0. The van der Waals surface area contributed by atoms with Crippen LogP contribution in [0, 0.1) is 5.82 Å². The number of nitrogens with zero attached hydrogens (tertiary/aromatic N) is 2. The highest BCUT2D eigenvalue weighted by molar-refractivity contribution is 6.10. The number of benzene rings is 1. The summed E-state index contributed by atoms with van der Waals surface area (Å²) in [5.41, 5.74) is -0.688. The van der Waals surface area contributed by atoms with Crippen LogP contribution < -0.4 is 10.1 Å². The summed E-state index contributed by atoms with van der Waals surface area (Å²) in [6.45, 7) is -0.0313. The van der Waals surface area contributed by atoms with E-state index in [0.29, 0.717) is 16.7 Å². The molecule has 3 amide bonds. The molecule has 5 rings (SSSR count). The molecule has 0 spiro atoms. The molecule has 1 aromatic carbocycles. The molecule has 2 aliphatic rings. The Morgan fingerprint density at radius 3 is 2.83 bits per heavy atom. The molecule has 2 aliphatic heterocycles. The summed E-state index contributed by atoms with van der Waals surface area (Å²) in [6.07, 6.45) is 1.37. The number of fused-ring (bicyclic) bond motifs is 2. The van der Waals surface area contributed by atoms with Crippen LogP contribution >= 0.6 is 0 Å². The lowest BCUT2D eigenvalue weighted by molar-refractivity contribution is -0.126. The summed E-state index contributed by atoms with van der Waals surface area (Å²) in [5.74, 6) is -2.13. The highest BCUT2D eigenvalue weighted by Gasteiger charge is 2.53. The van der Waals surface area contributed by atoms with Crippen LogP contribution in [0.3, 0.4) is 0 Å². The Labute approximate surface area is 169 Å². The monoisotopic (exact) mass is 409 g/mol. The Bertz CT molecular complexity index is 1200. The molecule has 1 fully saturated rings. The molecule has 30 heavy (non-hydrogen) atoms. The van der Waals surface area contributed by atoms with Crippen LogP contribution in [-0.4, -0.2) is 41.3 Å². The van der Waals surface area contributed by atoms with Gasteiger partial charge in [-0.2, -0.15) is 0 Å². The van der Waals surface area contributed by atoms with E-state index >= 15 is 0 Å². The van der Waals surface area contributed by atoms with Gasteiger partial charge < -0.3 is 14.1 Å². The summed E-state index contributed by atoms with van der Waals surface area (Å²) in [5, 5.41) is 2.97. The number of amides is 3. The molecule has 1 N–H and O–H groups in total. The van der Waals surface area contributed by atoms with E-state index in [-0.39, 0.29) is 36.6 Å². The van der Waals surface area contributed by atoms with E-state index in [0.717, 1.165) is 0 Å². The van der Waals surface area contributed by atoms with E-state index in [1.165, 1.54) is 18.1 Å². The number of hydrogen-bond acceptors (Lipinski definition) is 6. The standard InChI is InChI=1S/C21H16FN3O5/c1-29-13-5-4-12-9-25(19(27)16(12)17(13)22)10-21(8-15(26)24-20(21)28)14-7-11-3-2-6-23-18(11)30-14/h2-7H,8-10H2,1H3,(H,24,26,28)/t21-/m1/s1. The number of nitrogens with one attached hydrogen (secondary N) is 1. The highest BCUT2D eigenvalue weighted by atomic mass is 19.1. The van der Waals surface area contributed by atoms with E-state index in [4.69, 9.17) is 9.15 Å². The van der Waals surface area contributed by atoms with Crippen LogP contribution in [0.25, 0.3) is 11.1 Å². The van der Waals surface area contributed by atoms with Crippen LogP contribution in [0.4, 0.5) is 4.39 Å². The number of ether oxygens (including phenoxy) is 1. The number of rotatable bonds is 4. The summed E-state index contributed by atoms with van der Waals surface area (Å²) >= 11 is 0. The predicted octanol–water partition coefficient (Wildman–Crippen LogP) is 1.92.